The Morgan fingerprint density at radius 1 is 0.967 bits per heavy atom. The van der Waals surface area contributed by atoms with E-state index in [1.54, 1.807) is 12.1 Å². The van der Waals surface area contributed by atoms with Crippen LogP contribution in [0.2, 0.25) is 0 Å². The lowest BCUT2D eigenvalue weighted by Crippen LogP contribution is -2.53. The van der Waals surface area contributed by atoms with Gasteiger partial charge in [-0.15, -0.1) is 0 Å². The van der Waals surface area contributed by atoms with Gasteiger partial charge in [-0.25, -0.2) is 8.78 Å². The van der Waals surface area contributed by atoms with Crippen LogP contribution in [0.4, 0.5) is 8.78 Å². The highest BCUT2D eigenvalue weighted by atomic mass is 19.1. The average molecular weight is 409 g/mol. The summed E-state index contributed by atoms with van der Waals surface area (Å²) in [5.74, 6) is -1.07. The summed E-state index contributed by atoms with van der Waals surface area (Å²) in [6.07, 6.45) is -0.662. The fourth-order valence-corrected chi connectivity index (χ4v) is 4.07. The molecule has 0 bridgehead atoms. The molecule has 1 aliphatic heterocycles. The highest BCUT2D eigenvalue weighted by molar-refractivity contribution is 5.30. The van der Waals surface area contributed by atoms with Gasteiger partial charge in [0.1, 0.15) is 23.3 Å². The van der Waals surface area contributed by atoms with Crippen molar-refractivity contribution in [2.24, 2.45) is 0 Å². The number of aliphatic hydroxyl groups is 1. The summed E-state index contributed by atoms with van der Waals surface area (Å²) in [6, 6.07) is 22.6. The van der Waals surface area contributed by atoms with E-state index in [2.05, 4.69) is 17.0 Å². The summed E-state index contributed by atoms with van der Waals surface area (Å²) in [5, 5.41) is 11.8. The van der Waals surface area contributed by atoms with E-state index in [0.29, 0.717) is 18.7 Å². The summed E-state index contributed by atoms with van der Waals surface area (Å²) in [6.45, 7) is 2.42. The number of halogens is 2. The maximum atomic E-state index is 14.4. The van der Waals surface area contributed by atoms with E-state index >= 15 is 0 Å². The standard InChI is InChI=1S/C25H25F2NO2/c26-22-11-12-23(27)20(15-22)16-25(29,21-9-5-2-6-10-21)24-18-28(13-14-30-24)17-19-7-3-1-4-8-19/h1-12,15,24,29H,13-14,16-18H2/t24-,25+/m0/s1. The molecule has 0 unspecified atom stereocenters. The van der Waals surface area contributed by atoms with E-state index in [1.807, 2.05) is 36.4 Å². The Bertz CT molecular complexity index is 967. The number of hydrogen-bond donors (Lipinski definition) is 1. The maximum Gasteiger partial charge on any atom is 0.126 e. The highest BCUT2D eigenvalue weighted by Gasteiger charge is 2.42. The first-order chi connectivity index (χ1) is 14.5. The number of morpholine rings is 1. The third-order valence-corrected chi connectivity index (χ3v) is 5.67. The van der Waals surface area contributed by atoms with Crippen molar-refractivity contribution in [2.75, 3.05) is 19.7 Å². The number of rotatable bonds is 6. The minimum Gasteiger partial charge on any atom is -0.382 e. The SMILES string of the molecule is O[C@](Cc1cc(F)ccc1F)(c1ccccc1)[C@@H]1CN(Cc2ccccc2)CCO1. The molecular formula is C25H25F2NO2. The minimum absolute atomic E-state index is 0.0789. The van der Waals surface area contributed by atoms with Crippen molar-refractivity contribution < 1.29 is 18.6 Å². The van der Waals surface area contributed by atoms with E-state index < -0.39 is 23.3 Å². The van der Waals surface area contributed by atoms with Gasteiger partial charge >= 0.3 is 0 Å². The molecule has 156 valence electrons. The van der Waals surface area contributed by atoms with Gasteiger partial charge in [-0.1, -0.05) is 60.7 Å². The smallest absolute Gasteiger partial charge is 0.126 e. The van der Waals surface area contributed by atoms with Crippen molar-refractivity contribution in [2.45, 2.75) is 24.7 Å². The molecule has 3 nitrogen and oxygen atoms in total. The summed E-state index contributed by atoms with van der Waals surface area (Å²) in [5.41, 5.74) is 0.438. The molecular weight excluding hydrogens is 384 g/mol. The second-order valence-corrected chi connectivity index (χ2v) is 7.78. The lowest BCUT2D eigenvalue weighted by atomic mass is 9.81. The quantitative estimate of drug-likeness (QED) is 0.659. The zero-order valence-electron chi connectivity index (χ0n) is 16.7. The van der Waals surface area contributed by atoms with Crippen LogP contribution in [0.1, 0.15) is 16.7 Å². The molecule has 5 heteroatoms. The largest absolute Gasteiger partial charge is 0.382 e. The molecule has 3 aromatic rings. The minimum atomic E-state index is -1.49. The van der Waals surface area contributed by atoms with Crippen LogP contribution >= 0.6 is 0 Å². The molecule has 3 aromatic carbocycles. The number of benzene rings is 3. The lowest BCUT2D eigenvalue weighted by Gasteiger charge is -2.42. The van der Waals surface area contributed by atoms with Crippen LogP contribution in [0.5, 0.6) is 0 Å². The molecule has 0 radical (unpaired) electrons. The third kappa shape index (κ3) is 4.59. The molecule has 0 spiro atoms. The number of hydrogen-bond acceptors (Lipinski definition) is 3. The molecule has 1 saturated heterocycles. The van der Waals surface area contributed by atoms with Crippen LogP contribution in [0.25, 0.3) is 0 Å². The number of nitrogens with zero attached hydrogens (tertiary/aromatic N) is 1. The molecule has 1 N–H and O–H groups in total. The van der Waals surface area contributed by atoms with Crippen molar-refractivity contribution in [1.82, 2.24) is 4.90 Å². The Morgan fingerprint density at radius 2 is 1.67 bits per heavy atom. The van der Waals surface area contributed by atoms with Crippen LogP contribution in [-0.4, -0.2) is 35.8 Å². The van der Waals surface area contributed by atoms with Gasteiger partial charge in [-0.2, -0.15) is 0 Å². The Kier molecular flexibility index (Phi) is 6.23. The molecule has 0 amide bonds. The highest BCUT2D eigenvalue weighted by Crippen LogP contribution is 2.34. The zero-order valence-corrected chi connectivity index (χ0v) is 16.7. The molecule has 0 aromatic heterocycles. The monoisotopic (exact) mass is 409 g/mol. The van der Waals surface area contributed by atoms with Gasteiger partial charge in [0.25, 0.3) is 0 Å². The van der Waals surface area contributed by atoms with Gasteiger partial charge in [-0.05, 0) is 34.9 Å². The molecule has 1 heterocycles. The van der Waals surface area contributed by atoms with E-state index in [0.717, 1.165) is 31.3 Å². The summed E-state index contributed by atoms with van der Waals surface area (Å²) in [7, 11) is 0. The van der Waals surface area contributed by atoms with Gasteiger partial charge < -0.3 is 9.84 Å². The molecule has 0 saturated carbocycles. The van der Waals surface area contributed by atoms with Crippen molar-refractivity contribution in [3.8, 4) is 0 Å². The van der Waals surface area contributed by atoms with E-state index in [9.17, 15) is 13.9 Å². The van der Waals surface area contributed by atoms with Crippen LogP contribution < -0.4 is 0 Å². The van der Waals surface area contributed by atoms with Gasteiger partial charge in [0.2, 0.25) is 0 Å². The zero-order chi connectivity index (χ0) is 21.0. The van der Waals surface area contributed by atoms with Gasteiger partial charge in [0.05, 0.1) is 6.61 Å². The number of ether oxygens (including phenoxy) is 1. The van der Waals surface area contributed by atoms with E-state index in [4.69, 9.17) is 4.74 Å². The summed E-state index contributed by atoms with van der Waals surface area (Å²) < 4.78 is 34.2. The van der Waals surface area contributed by atoms with Gasteiger partial charge in [0, 0.05) is 26.1 Å². The second-order valence-electron chi connectivity index (χ2n) is 7.78. The molecule has 2 atom stereocenters. The van der Waals surface area contributed by atoms with Crippen LogP contribution in [0, 0.1) is 11.6 Å². The van der Waals surface area contributed by atoms with Crippen molar-refractivity contribution in [1.29, 1.82) is 0 Å². The van der Waals surface area contributed by atoms with Crippen molar-refractivity contribution >= 4 is 0 Å². The van der Waals surface area contributed by atoms with Crippen LogP contribution in [0.3, 0.4) is 0 Å². The fourth-order valence-electron chi connectivity index (χ4n) is 4.07. The Balaban J connectivity index is 1.63. The topological polar surface area (TPSA) is 32.7 Å². The maximum absolute atomic E-state index is 14.4. The Hall–Kier alpha value is -2.60. The summed E-state index contributed by atoms with van der Waals surface area (Å²) in [4.78, 5) is 2.22. The van der Waals surface area contributed by atoms with E-state index in [1.165, 1.54) is 5.56 Å². The average Bonchev–Trinajstić information content (AvgIpc) is 2.78. The Labute approximate surface area is 175 Å². The van der Waals surface area contributed by atoms with Crippen LogP contribution in [0.15, 0.2) is 78.9 Å². The lowest BCUT2D eigenvalue weighted by molar-refractivity contribution is -0.150. The van der Waals surface area contributed by atoms with Crippen LogP contribution in [-0.2, 0) is 23.3 Å². The first kappa shape index (κ1) is 20.7. The molecule has 1 aliphatic rings. The first-order valence-corrected chi connectivity index (χ1v) is 10.1. The fraction of sp³-hybridized carbons (Fsp3) is 0.280. The Morgan fingerprint density at radius 3 is 2.40 bits per heavy atom. The molecule has 30 heavy (non-hydrogen) atoms. The third-order valence-electron chi connectivity index (χ3n) is 5.67. The van der Waals surface area contributed by atoms with Gasteiger partial charge in [0.15, 0.2) is 0 Å². The van der Waals surface area contributed by atoms with Crippen molar-refractivity contribution in [3.63, 3.8) is 0 Å². The van der Waals surface area contributed by atoms with Gasteiger partial charge in [-0.3, -0.25) is 4.90 Å². The molecule has 1 fully saturated rings. The second kappa shape index (κ2) is 9.04. The van der Waals surface area contributed by atoms with Crippen molar-refractivity contribution in [3.05, 3.63) is 107 Å². The summed E-state index contributed by atoms with van der Waals surface area (Å²) >= 11 is 0. The molecule has 0 aliphatic carbocycles. The first-order valence-electron chi connectivity index (χ1n) is 10.1. The predicted octanol–water partition coefficient (Wildman–Crippen LogP) is 4.30. The predicted molar refractivity (Wildman–Crippen MR) is 112 cm³/mol. The normalized spacial score (nSPS) is 19.4. The molecule has 4 rings (SSSR count). The van der Waals surface area contributed by atoms with E-state index in [-0.39, 0.29) is 12.0 Å².